The summed E-state index contributed by atoms with van der Waals surface area (Å²) in [5.41, 5.74) is 1.98. The summed E-state index contributed by atoms with van der Waals surface area (Å²) in [6, 6.07) is 5.12. The zero-order chi connectivity index (χ0) is 14.3. The molecule has 2 N–H and O–H groups in total. The molecule has 4 nitrogen and oxygen atoms in total. The standard InChI is InChI=1S/C11H13F4NO3/c12-8-1-3-10(4-2-8)18-6-9(17)5-16-19-7-11(13,14)15/h1-4,9,16-17H,5-7H2. The largest absolute Gasteiger partial charge is 0.491 e. The first-order valence-electron chi connectivity index (χ1n) is 5.34. The molecule has 0 aliphatic rings. The maximum atomic E-state index is 12.6. The molecule has 0 aliphatic carbocycles. The van der Waals surface area contributed by atoms with Crippen LogP contribution in [0, 0.1) is 5.82 Å². The molecule has 0 radical (unpaired) electrons. The Morgan fingerprint density at radius 2 is 1.84 bits per heavy atom. The van der Waals surface area contributed by atoms with Crippen molar-refractivity contribution in [3.05, 3.63) is 30.1 Å². The van der Waals surface area contributed by atoms with Gasteiger partial charge in [-0.2, -0.15) is 18.7 Å². The molecule has 1 aromatic rings. The first-order valence-corrected chi connectivity index (χ1v) is 5.34. The summed E-state index contributed by atoms with van der Waals surface area (Å²) in [6.45, 7) is -1.83. The highest BCUT2D eigenvalue weighted by atomic mass is 19.4. The van der Waals surface area contributed by atoms with Gasteiger partial charge in [0.2, 0.25) is 0 Å². The van der Waals surface area contributed by atoms with Gasteiger partial charge in [-0.3, -0.25) is 4.84 Å². The fraction of sp³-hybridized carbons (Fsp3) is 0.455. The van der Waals surface area contributed by atoms with Gasteiger partial charge in [-0.15, -0.1) is 0 Å². The van der Waals surface area contributed by atoms with Crippen LogP contribution in [0.3, 0.4) is 0 Å². The summed E-state index contributed by atoms with van der Waals surface area (Å²) in [4.78, 5) is 4.10. The SMILES string of the molecule is OC(CNOCC(F)(F)F)COc1ccc(F)cc1. The Labute approximate surface area is 106 Å². The lowest BCUT2D eigenvalue weighted by Crippen LogP contribution is -2.34. The monoisotopic (exact) mass is 283 g/mol. The van der Waals surface area contributed by atoms with E-state index in [9.17, 15) is 22.7 Å². The number of hydroxylamine groups is 1. The van der Waals surface area contributed by atoms with Crippen molar-refractivity contribution in [2.45, 2.75) is 12.3 Å². The topological polar surface area (TPSA) is 50.7 Å². The molecule has 1 rings (SSSR count). The minimum Gasteiger partial charge on any atom is -0.491 e. The summed E-state index contributed by atoms with van der Waals surface area (Å²) in [7, 11) is 0. The van der Waals surface area contributed by atoms with Crippen molar-refractivity contribution in [2.24, 2.45) is 0 Å². The first-order chi connectivity index (χ1) is 8.87. The van der Waals surface area contributed by atoms with Crippen molar-refractivity contribution in [3.8, 4) is 5.75 Å². The second kappa shape index (κ2) is 7.27. The van der Waals surface area contributed by atoms with Gasteiger partial charge in [-0.25, -0.2) is 4.39 Å². The third-order valence-corrected chi connectivity index (χ3v) is 1.91. The van der Waals surface area contributed by atoms with Gasteiger partial charge in [-0.1, -0.05) is 0 Å². The molecule has 0 bridgehead atoms. The number of rotatable bonds is 7. The van der Waals surface area contributed by atoms with E-state index >= 15 is 0 Å². The van der Waals surface area contributed by atoms with Gasteiger partial charge in [0, 0.05) is 0 Å². The molecule has 0 fully saturated rings. The third kappa shape index (κ3) is 7.60. The Balaban J connectivity index is 2.14. The van der Waals surface area contributed by atoms with Crippen LogP contribution in [0.1, 0.15) is 0 Å². The van der Waals surface area contributed by atoms with E-state index < -0.39 is 24.7 Å². The fourth-order valence-corrected chi connectivity index (χ4v) is 1.07. The lowest BCUT2D eigenvalue weighted by Gasteiger charge is -2.13. The summed E-state index contributed by atoms with van der Waals surface area (Å²) in [6.07, 6.45) is -5.49. The number of halogens is 4. The number of alkyl halides is 3. The first kappa shape index (κ1) is 15.7. The van der Waals surface area contributed by atoms with E-state index in [-0.39, 0.29) is 13.2 Å². The zero-order valence-electron chi connectivity index (χ0n) is 9.78. The number of hydrogen-bond donors (Lipinski definition) is 2. The second-order valence-electron chi connectivity index (χ2n) is 3.67. The molecular formula is C11H13F4NO3. The van der Waals surface area contributed by atoms with Gasteiger partial charge < -0.3 is 9.84 Å². The molecule has 1 aromatic carbocycles. The van der Waals surface area contributed by atoms with E-state index in [4.69, 9.17) is 4.74 Å². The van der Waals surface area contributed by atoms with Crippen LogP contribution in [-0.2, 0) is 4.84 Å². The van der Waals surface area contributed by atoms with Crippen LogP contribution in [0.5, 0.6) is 5.75 Å². The Bertz CT molecular complexity index is 369. The second-order valence-corrected chi connectivity index (χ2v) is 3.67. The molecule has 0 saturated carbocycles. The van der Waals surface area contributed by atoms with Crippen LogP contribution >= 0.6 is 0 Å². The summed E-state index contributed by atoms with van der Waals surface area (Å²) in [5.74, 6) is -0.0771. The van der Waals surface area contributed by atoms with Crippen molar-refractivity contribution in [1.29, 1.82) is 0 Å². The number of benzene rings is 1. The highest BCUT2D eigenvalue weighted by Gasteiger charge is 2.27. The third-order valence-electron chi connectivity index (χ3n) is 1.91. The van der Waals surface area contributed by atoms with Crippen molar-refractivity contribution in [2.75, 3.05) is 19.8 Å². The molecule has 0 amide bonds. The van der Waals surface area contributed by atoms with Gasteiger partial charge in [-0.05, 0) is 24.3 Å². The summed E-state index contributed by atoms with van der Waals surface area (Å²) in [5, 5.41) is 9.37. The summed E-state index contributed by atoms with van der Waals surface area (Å²) < 4.78 is 52.7. The highest BCUT2D eigenvalue weighted by Crippen LogP contribution is 2.13. The van der Waals surface area contributed by atoms with Gasteiger partial charge in [0.25, 0.3) is 0 Å². The maximum absolute atomic E-state index is 12.6. The highest BCUT2D eigenvalue weighted by molar-refractivity contribution is 5.22. The molecule has 0 heterocycles. The quantitative estimate of drug-likeness (QED) is 0.454. The lowest BCUT2D eigenvalue weighted by atomic mass is 10.3. The fourth-order valence-electron chi connectivity index (χ4n) is 1.07. The Morgan fingerprint density at radius 1 is 1.21 bits per heavy atom. The Kier molecular flexibility index (Phi) is 6.00. The van der Waals surface area contributed by atoms with E-state index in [1.807, 2.05) is 5.48 Å². The van der Waals surface area contributed by atoms with E-state index in [0.29, 0.717) is 5.75 Å². The van der Waals surface area contributed by atoms with Crippen LogP contribution in [-0.4, -0.2) is 37.1 Å². The smallest absolute Gasteiger partial charge is 0.413 e. The normalized spacial score (nSPS) is 13.3. The molecule has 0 spiro atoms. The minimum atomic E-state index is -4.43. The van der Waals surface area contributed by atoms with E-state index in [1.165, 1.54) is 24.3 Å². The van der Waals surface area contributed by atoms with Crippen LogP contribution in [0.2, 0.25) is 0 Å². The van der Waals surface area contributed by atoms with Crippen LogP contribution in [0.4, 0.5) is 17.6 Å². The van der Waals surface area contributed by atoms with E-state index in [0.717, 1.165) is 0 Å². The van der Waals surface area contributed by atoms with Gasteiger partial charge in [0.15, 0.2) is 6.61 Å². The van der Waals surface area contributed by atoms with Crippen LogP contribution in [0.25, 0.3) is 0 Å². The molecule has 1 atom stereocenters. The number of aliphatic hydroxyl groups excluding tert-OH is 1. The molecule has 1 unspecified atom stereocenters. The predicted octanol–water partition coefficient (Wildman–Crippen LogP) is 1.65. The number of aliphatic hydroxyl groups is 1. The Hall–Kier alpha value is -1.38. The zero-order valence-corrected chi connectivity index (χ0v) is 9.78. The van der Waals surface area contributed by atoms with E-state index in [2.05, 4.69) is 4.84 Å². The van der Waals surface area contributed by atoms with Gasteiger partial charge in [0.05, 0.1) is 6.54 Å². The van der Waals surface area contributed by atoms with Crippen LogP contribution in [0.15, 0.2) is 24.3 Å². The van der Waals surface area contributed by atoms with Crippen molar-refractivity contribution < 1.29 is 32.2 Å². The van der Waals surface area contributed by atoms with Crippen LogP contribution < -0.4 is 10.2 Å². The van der Waals surface area contributed by atoms with Gasteiger partial charge >= 0.3 is 6.18 Å². The molecular weight excluding hydrogens is 270 g/mol. The van der Waals surface area contributed by atoms with Crippen molar-refractivity contribution in [1.82, 2.24) is 5.48 Å². The number of hydrogen-bond acceptors (Lipinski definition) is 4. The minimum absolute atomic E-state index is 0.159. The summed E-state index contributed by atoms with van der Waals surface area (Å²) >= 11 is 0. The average Bonchev–Trinajstić information content (AvgIpc) is 2.33. The molecule has 0 saturated heterocycles. The van der Waals surface area contributed by atoms with Crippen molar-refractivity contribution >= 4 is 0 Å². The molecule has 0 aliphatic heterocycles. The molecule has 19 heavy (non-hydrogen) atoms. The van der Waals surface area contributed by atoms with Gasteiger partial charge in [0.1, 0.15) is 24.3 Å². The molecule has 8 heteroatoms. The maximum Gasteiger partial charge on any atom is 0.413 e. The predicted molar refractivity (Wildman–Crippen MR) is 57.9 cm³/mol. The lowest BCUT2D eigenvalue weighted by molar-refractivity contribution is -0.191. The number of nitrogens with one attached hydrogen (secondary N) is 1. The van der Waals surface area contributed by atoms with E-state index in [1.54, 1.807) is 0 Å². The average molecular weight is 283 g/mol. The number of ether oxygens (including phenoxy) is 1. The Morgan fingerprint density at radius 3 is 2.42 bits per heavy atom. The molecule has 0 aromatic heterocycles. The van der Waals surface area contributed by atoms with Crippen molar-refractivity contribution in [3.63, 3.8) is 0 Å². The molecule has 108 valence electrons.